The Labute approximate surface area is 165 Å². The summed E-state index contributed by atoms with van der Waals surface area (Å²) in [6, 6.07) is 26.5. The third-order valence-electron chi connectivity index (χ3n) is 4.88. The Balaban J connectivity index is 1.92. The van der Waals surface area contributed by atoms with Gasteiger partial charge in [-0.05, 0) is 18.9 Å². The summed E-state index contributed by atoms with van der Waals surface area (Å²) in [5, 5.41) is 0. The zero-order valence-corrected chi connectivity index (χ0v) is 16.2. The second-order valence-electron chi connectivity index (χ2n) is 6.76. The summed E-state index contributed by atoms with van der Waals surface area (Å²) in [5.74, 6) is 0.697. The average Bonchev–Trinajstić information content (AvgIpc) is 3.07. The number of amidine groups is 1. The average molecular weight is 373 g/mol. The molecule has 134 valence electrons. The Morgan fingerprint density at radius 3 is 2.37 bits per heavy atom. The molecule has 1 aliphatic heterocycles. The first-order valence-electron chi connectivity index (χ1n) is 9.20. The first kappa shape index (κ1) is 17.7. The predicted octanol–water partition coefficient (Wildman–Crippen LogP) is 5.90. The minimum absolute atomic E-state index is 0.697. The number of benzene rings is 3. The van der Waals surface area contributed by atoms with Gasteiger partial charge in [0.15, 0.2) is 5.84 Å². The highest BCUT2D eigenvalue weighted by molar-refractivity contribution is 6.42. The number of rotatable bonds is 4. The molecule has 0 saturated heterocycles. The van der Waals surface area contributed by atoms with Crippen LogP contribution >= 0.6 is 11.6 Å². The quantitative estimate of drug-likeness (QED) is 0.402. The van der Waals surface area contributed by atoms with E-state index in [1.165, 1.54) is 5.56 Å². The number of halogens is 1. The first-order chi connectivity index (χ1) is 13.1. The Hall–Kier alpha value is -2.71. The highest BCUT2D eigenvalue weighted by Crippen LogP contribution is 2.40. The largest absolute Gasteiger partial charge is 0.231 e. The SMILES string of the molecule is CCc1ccccc1C1=NC(Cl)(c2cccc(C)c2)C(c2ccccc2)=N1. The van der Waals surface area contributed by atoms with Crippen LogP contribution in [0.1, 0.15) is 34.7 Å². The number of alkyl halides is 1. The molecule has 2 nitrogen and oxygen atoms in total. The van der Waals surface area contributed by atoms with Crippen molar-refractivity contribution < 1.29 is 0 Å². The lowest BCUT2D eigenvalue weighted by Gasteiger charge is -2.22. The Kier molecular flexibility index (Phi) is 4.67. The molecule has 0 fully saturated rings. The molecule has 0 saturated carbocycles. The standard InChI is InChI=1S/C24H21ClN2/c1-3-18-11-7-8-15-21(18)23-26-22(19-12-5-4-6-13-19)24(25,27-23)20-14-9-10-17(2)16-20/h4-16H,3H2,1-2H3. The van der Waals surface area contributed by atoms with E-state index in [2.05, 4.69) is 38.1 Å². The van der Waals surface area contributed by atoms with Crippen molar-refractivity contribution >= 4 is 23.1 Å². The van der Waals surface area contributed by atoms with Crippen molar-refractivity contribution in [1.29, 1.82) is 0 Å². The Bertz CT molecular complexity index is 1040. The van der Waals surface area contributed by atoms with E-state index in [1.807, 2.05) is 54.6 Å². The van der Waals surface area contributed by atoms with Gasteiger partial charge < -0.3 is 0 Å². The lowest BCUT2D eigenvalue weighted by molar-refractivity contribution is 0.882. The van der Waals surface area contributed by atoms with Crippen molar-refractivity contribution in [2.75, 3.05) is 0 Å². The van der Waals surface area contributed by atoms with Crippen LogP contribution in [0.15, 0.2) is 88.8 Å². The monoisotopic (exact) mass is 372 g/mol. The van der Waals surface area contributed by atoms with Crippen LogP contribution in [0.3, 0.4) is 0 Å². The van der Waals surface area contributed by atoms with E-state index in [1.54, 1.807) is 0 Å². The third-order valence-corrected chi connectivity index (χ3v) is 5.36. The van der Waals surface area contributed by atoms with Gasteiger partial charge in [-0.2, -0.15) is 0 Å². The smallest absolute Gasteiger partial charge is 0.203 e. The summed E-state index contributed by atoms with van der Waals surface area (Å²) in [7, 11) is 0. The van der Waals surface area contributed by atoms with E-state index in [0.717, 1.165) is 34.4 Å². The molecule has 0 aliphatic carbocycles. The summed E-state index contributed by atoms with van der Waals surface area (Å²) < 4.78 is 0. The molecule has 0 amide bonds. The van der Waals surface area contributed by atoms with Gasteiger partial charge in [0.05, 0.1) is 5.71 Å². The minimum atomic E-state index is -1.02. The van der Waals surface area contributed by atoms with Crippen LogP contribution in [-0.4, -0.2) is 11.5 Å². The molecule has 0 aromatic heterocycles. The lowest BCUT2D eigenvalue weighted by atomic mass is 9.95. The molecule has 0 N–H and O–H groups in total. The summed E-state index contributed by atoms with van der Waals surface area (Å²) >= 11 is 7.19. The van der Waals surface area contributed by atoms with Crippen LogP contribution in [0.25, 0.3) is 0 Å². The van der Waals surface area contributed by atoms with Crippen molar-refractivity contribution in [3.05, 3.63) is 107 Å². The van der Waals surface area contributed by atoms with Crippen LogP contribution in [0.2, 0.25) is 0 Å². The molecule has 3 heteroatoms. The van der Waals surface area contributed by atoms with Crippen molar-refractivity contribution in [3.8, 4) is 0 Å². The summed E-state index contributed by atoms with van der Waals surface area (Å²) in [4.78, 5) is 8.85. The van der Waals surface area contributed by atoms with Gasteiger partial charge >= 0.3 is 0 Å². The fraction of sp³-hybridized carbons (Fsp3) is 0.167. The van der Waals surface area contributed by atoms with Gasteiger partial charge in [0.2, 0.25) is 5.00 Å². The zero-order valence-electron chi connectivity index (χ0n) is 15.5. The molecule has 0 bridgehead atoms. The Morgan fingerprint density at radius 1 is 0.889 bits per heavy atom. The number of aliphatic imine (C=N–C) groups is 2. The van der Waals surface area contributed by atoms with Gasteiger partial charge in [-0.15, -0.1) is 0 Å². The normalized spacial score (nSPS) is 18.9. The predicted molar refractivity (Wildman–Crippen MR) is 114 cm³/mol. The molecule has 3 aromatic carbocycles. The lowest BCUT2D eigenvalue weighted by Crippen LogP contribution is -2.26. The second kappa shape index (κ2) is 7.13. The van der Waals surface area contributed by atoms with E-state index in [-0.39, 0.29) is 0 Å². The third kappa shape index (κ3) is 3.22. The van der Waals surface area contributed by atoms with Crippen molar-refractivity contribution in [2.45, 2.75) is 25.3 Å². The van der Waals surface area contributed by atoms with Gasteiger partial charge in [0.25, 0.3) is 0 Å². The van der Waals surface area contributed by atoms with E-state index >= 15 is 0 Å². The molecule has 1 unspecified atom stereocenters. The molecule has 3 aromatic rings. The molecule has 27 heavy (non-hydrogen) atoms. The van der Waals surface area contributed by atoms with E-state index in [9.17, 15) is 0 Å². The minimum Gasteiger partial charge on any atom is -0.231 e. The van der Waals surface area contributed by atoms with Gasteiger partial charge in [0, 0.05) is 16.7 Å². The first-order valence-corrected chi connectivity index (χ1v) is 9.58. The maximum absolute atomic E-state index is 7.19. The summed E-state index contributed by atoms with van der Waals surface area (Å²) in [6.45, 7) is 4.21. The molecule has 1 heterocycles. The number of aryl methyl sites for hydroxylation is 2. The molecular weight excluding hydrogens is 352 g/mol. The fourth-order valence-corrected chi connectivity index (χ4v) is 3.82. The maximum Gasteiger partial charge on any atom is 0.203 e. The highest BCUT2D eigenvalue weighted by Gasteiger charge is 2.41. The molecule has 1 aliphatic rings. The van der Waals surface area contributed by atoms with Crippen LogP contribution in [-0.2, 0) is 11.4 Å². The van der Waals surface area contributed by atoms with Crippen LogP contribution < -0.4 is 0 Å². The van der Waals surface area contributed by atoms with Crippen LogP contribution in [0.5, 0.6) is 0 Å². The van der Waals surface area contributed by atoms with E-state index < -0.39 is 5.00 Å². The van der Waals surface area contributed by atoms with Gasteiger partial charge in [-0.1, -0.05) is 103 Å². The van der Waals surface area contributed by atoms with Crippen LogP contribution in [0, 0.1) is 6.92 Å². The van der Waals surface area contributed by atoms with Gasteiger partial charge in [0.1, 0.15) is 0 Å². The molecule has 0 radical (unpaired) electrons. The van der Waals surface area contributed by atoms with Crippen molar-refractivity contribution in [3.63, 3.8) is 0 Å². The highest BCUT2D eigenvalue weighted by atomic mass is 35.5. The van der Waals surface area contributed by atoms with Gasteiger partial charge in [-0.3, -0.25) is 0 Å². The number of nitrogens with zero attached hydrogens (tertiary/aromatic N) is 2. The number of hydrogen-bond donors (Lipinski definition) is 0. The summed E-state index contributed by atoms with van der Waals surface area (Å²) in [5.41, 5.74) is 6.12. The molecular formula is C24H21ClN2. The van der Waals surface area contributed by atoms with Crippen molar-refractivity contribution in [1.82, 2.24) is 0 Å². The van der Waals surface area contributed by atoms with Crippen molar-refractivity contribution in [2.24, 2.45) is 9.98 Å². The molecule has 4 rings (SSSR count). The Morgan fingerprint density at radius 2 is 1.63 bits per heavy atom. The number of hydrogen-bond acceptors (Lipinski definition) is 2. The van der Waals surface area contributed by atoms with E-state index in [4.69, 9.17) is 21.6 Å². The fourth-order valence-electron chi connectivity index (χ4n) is 3.48. The molecule has 0 spiro atoms. The summed E-state index contributed by atoms with van der Waals surface area (Å²) in [6.07, 6.45) is 0.922. The second-order valence-corrected chi connectivity index (χ2v) is 7.31. The van der Waals surface area contributed by atoms with Gasteiger partial charge in [-0.25, -0.2) is 9.98 Å². The van der Waals surface area contributed by atoms with Crippen LogP contribution in [0.4, 0.5) is 0 Å². The van der Waals surface area contributed by atoms with E-state index in [0.29, 0.717) is 5.84 Å². The topological polar surface area (TPSA) is 24.7 Å². The molecule has 1 atom stereocenters. The maximum atomic E-state index is 7.19. The zero-order chi connectivity index (χ0) is 18.9.